The lowest BCUT2D eigenvalue weighted by atomic mass is 10.1. The Kier molecular flexibility index (Phi) is 7.58. The molecule has 1 unspecified atom stereocenters. The zero-order valence-corrected chi connectivity index (χ0v) is 20.4. The number of ketones is 1. The Morgan fingerprint density at radius 3 is 2.56 bits per heavy atom. The molecule has 0 aliphatic carbocycles. The predicted molar refractivity (Wildman–Crippen MR) is 132 cm³/mol. The Hall–Kier alpha value is -4.27. The average molecular weight is 493 g/mol. The Labute approximate surface area is 208 Å². The summed E-state index contributed by atoms with van der Waals surface area (Å²) in [5, 5.41) is 2.85. The van der Waals surface area contributed by atoms with Crippen LogP contribution < -0.4 is 24.4 Å². The number of carbonyl (C=O) groups excluding carboxylic acids is 3. The number of nitrogens with one attached hydrogen (secondary N) is 1. The van der Waals surface area contributed by atoms with E-state index >= 15 is 0 Å². The summed E-state index contributed by atoms with van der Waals surface area (Å²) in [5.41, 5.74) is 0.821. The fourth-order valence-electron chi connectivity index (χ4n) is 3.59. The Bertz CT molecular complexity index is 1250. The third kappa shape index (κ3) is 5.68. The maximum atomic E-state index is 12.8. The molecule has 0 spiro atoms. The number of furan rings is 1. The summed E-state index contributed by atoms with van der Waals surface area (Å²) in [5.74, 6) is 1.45. The normalized spacial score (nSPS) is 13.4. The van der Waals surface area contributed by atoms with E-state index in [-0.39, 0.29) is 49.2 Å². The number of nitrogens with zero attached hydrogens (tertiary/aromatic N) is 1. The van der Waals surface area contributed by atoms with E-state index in [1.165, 1.54) is 4.90 Å². The number of anilines is 1. The van der Waals surface area contributed by atoms with Crippen molar-refractivity contribution in [3.8, 4) is 17.2 Å². The minimum Gasteiger partial charge on any atom is -0.497 e. The molecule has 0 saturated carbocycles. The molecule has 9 nitrogen and oxygen atoms in total. The fraction of sp³-hybridized carbons (Fsp3) is 0.296. The fourth-order valence-corrected chi connectivity index (χ4v) is 3.59. The van der Waals surface area contributed by atoms with Gasteiger partial charge in [0.05, 0.1) is 19.3 Å². The van der Waals surface area contributed by atoms with Crippen molar-refractivity contribution >= 4 is 23.3 Å². The van der Waals surface area contributed by atoms with Crippen LogP contribution in [-0.4, -0.2) is 44.0 Å². The van der Waals surface area contributed by atoms with Gasteiger partial charge in [-0.25, -0.2) is 0 Å². The highest BCUT2D eigenvalue weighted by atomic mass is 16.5. The summed E-state index contributed by atoms with van der Waals surface area (Å²) in [7, 11) is 1.57. The number of rotatable bonds is 10. The van der Waals surface area contributed by atoms with Crippen molar-refractivity contribution in [2.24, 2.45) is 0 Å². The first-order valence-corrected chi connectivity index (χ1v) is 11.6. The molecule has 0 radical (unpaired) electrons. The van der Waals surface area contributed by atoms with Crippen LogP contribution in [0.15, 0.2) is 59.0 Å². The zero-order valence-electron chi connectivity index (χ0n) is 20.4. The zero-order chi connectivity index (χ0) is 25.7. The van der Waals surface area contributed by atoms with Crippen molar-refractivity contribution in [1.82, 2.24) is 5.32 Å². The van der Waals surface area contributed by atoms with Gasteiger partial charge in [-0.2, -0.15) is 0 Å². The Morgan fingerprint density at radius 1 is 1.08 bits per heavy atom. The lowest BCUT2D eigenvalue weighted by Crippen LogP contribution is -2.38. The van der Waals surface area contributed by atoms with Gasteiger partial charge < -0.3 is 23.9 Å². The molecule has 3 aromatic rings. The molecule has 1 aromatic heterocycles. The number of carbonyl (C=O) groups is 3. The van der Waals surface area contributed by atoms with E-state index in [2.05, 4.69) is 5.32 Å². The van der Waals surface area contributed by atoms with E-state index in [0.717, 1.165) is 6.42 Å². The van der Waals surface area contributed by atoms with Crippen LogP contribution in [0.5, 0.6) is 17.2 Å². The largest absolute Gasteiger partial charge is 0.497 e. The number of hydrogen-bond donors (Lipinski definition) is 1. The second-order valence-electron chi connectivity index (χ2n) is 8.39. The molecule has 1 aliphatic rings. The topological polar surface area (TPSA) is 107 Å². The van der Waals surface area contributed by atoms with Crippen molar-refractivity contribution in [1.29, 1.82) is 0 Å². The second kappa shape index (κ2) is 11.0. The molecule has 0 saturated heterocycles. The van der Waals surface area contributed by atoms with Gasteiger partial charge in [0.15, 0.2) is 24.8 Å². The van der Waals surface area contributed by atoms with E-state index < -0.39 is 0 Å². The molecule has 4 rings (SSSR count). The number of ether oxygens (including phenoxy) is 3. The van der Waals surface area contributed by atoms with Crippen LogP contribution in [0, 0.1) is 0 Å². The van der Waals surface area contributed by atoms with E-state index in [9.17, 15) is 14.4 Å². The quantitative estimate of drug-likeness (QED) is 0.426. The number of amides is 2. The molecule has 188 valence electrons. The van der Waals surface area contributed by atoms with Crippen molar-refractivity contribution < 1.29 is 33.0 Å². The summed E-state index contributed by atoms with van der Waals surface area (Å²) in [4.78, 5) is 39.3. The summed E-state index contributed by atoms with van der Waals surface area (Å²) < 4.78 is 22.0. The van der Waals surface area contributed by atoms with Crippen LogP contribution in [-0.2, 0) is 11.3 Å². The van der Waals surface area contributed by atoms with Gasteiger partial charge in [-0.1, -0.05) is 6.92 Å². The van der Waals surface area contributed by atoms with E-state index in [1.807, 2.05) is 13.8 Å². The smallest absolute Gasteiger partial charge is 0.287 e. The van der Waals surface area contributed by atoms with Gasteiger partial charge in [0.2, 0.25) is 0 Å². The molecule has 1 N–H and O–H groups in total. The maximum Gasteiger partial charge on any atom is 0.287 e. The van der Waals surface area contributed by atoms with Gasteiger partial charge in [0, 0.05) is 11.6 Å². The minimum atomic E-state index is -0.311. The minimum absolute atomic E-state index is 0.0170. The van der Waals surface area contributed by atoms with Crippen LogP contribution in [0.4, 0.5) is 5.69 Å². The summed E-state index contributed by atoms with van der Waals surface area (Å²) >= 11 is 0. The van der Waals surface area contributed by atoms with Crippen LogP contribution in [0.1, 0.15) is 46.9 Å². The van der Waals surface area contributed by atoms with E-state index in [1.54, 1.807) is 61.7 Å². The molecule has 0 fully saturated rings. The number of Topliss-reactive ketones (excluding diaryl/α,β-unsaturated/α-hetero) is 1. The highest BCUT2D eigenvalue weighted by Gasteiger charge is 2.28. The van der Waals surface area contributed by atoms with E-state index in [0.29, 0.717) is 34.3 Å². The summed E-state index contributed by atoms with van der Waals surface area (Å²) in [6, 6.07) is 15.1. The van der Waals surface area contributed by atoms with Crippen LogP contribution in [0.2, 0.25) is 0 Å². The molecule has 2 amide bonds. The first-order chi connectivity index (χ1) is 17.4. The Balaban J connectivity index is 1.47. The molecule has 0 bridgehead atoms. The average Bonchev–Trinajstić information content (AvgIpc) is 3.37. The summed E-state index contributed by atoms with van der Waals surface area (Å²) in [6.45, 7) is 3.66. The predicted octanol–water partition coefficient (Wildman–Crippen LogP) is 4.00. The van der Waals surface area contributed by atoms with Crippen molar-refractivity contribution in [3.63, 3.8) is 0 Å². The highest BCUT2D eigenvalue weighted by molar-refractivity contribution is 6.02. The standard InChI is InChI=1S/C27H28N2O7/c1-4-17(2)28-27(32)25-12-10-21(36-25)14-29-22-13-18(5-11-24(22)35-16-26(29)31)23(30)15-34-20-8-6-19(33-3)7-9-20/h5-13,17H,4,14-16H2,1-3H3,(H,28,32). The third-order valence-electron chi connectivity index (χ3n) is 5.84. The number of methoxy groups -OCH3 is 1. The van der Waals surface area contributed by atoms with Gasteiger partial charge in [-0.15, -0.1) is 0 Å². The lowest BCUT2D eigenvalue weighted by molar-refractivity contribution is -0.121. The monoisotopic (exact) mass is 492 g/mol. The maximum absolute atomic E-state index is 12.8. The van der Waals surface area contributed by atoms with Gasteiger partial charge >= 0.3 is 0 Å². The first-order valence-electron chi connectivity index (χ1n) is 11.6. The number of hydrogen-bond acceptors (Lipinski definition) is 7. The van der Waals surface area contributed by atoms with Gasteiger partial charge in [0.1, 0.15) is 23.0 Å². The van der Waals surface area contributed by atoms with Crippen LogP contribution in [0.3, 0.4) is 0 Å². The molecule has 1 atom stereocenters. The molecule has 2 heterocycles. The molecule has 1 aliphatic heterocycles. The van der Waals surface area contributed by atoms with Crippen molar-refractivity contribution in [2.45, 2.75) is 32.9 Å². The second-order valence-corrected chi connectivity index (χ2v) is 8.39. The number of benzene rings is 2. The molecule has 2 aromatic carbocycles. The molecular weight excluding hydrogens is 464 g/mol. The summed E-state index contributed by atoms with van der Waals surface area (Å²) in [6.07, 6.45) is 0.796. The van der Waals surface area contributed by atoms with Crippen molar-refractivity contribution in [3.05, 3.63) is 71.7 Å². The van der Waals surface area contributed by atoms with Gasteiger partial charge in [-0.3, -0.25) is 19.3 Å². The van der Waals surface area contributed by atoms with E-state index in [4.69, 9.17) is 18.6 Å². The first kappa shape index (κ1) is 24.8. The van der Waals surface area contributed by atoms with Gasteiger partial charge in [-0.05, 0) is 67.9 Å². The SMILES string of the molecule is CCC(C)NC(=O)c1ccc(CN2C(=O)COc3ccc(C(=O)COc4ccc(OC)cc4)cc32)o1. The van der Waals surface area contributed by atoms with Crippen molar-refractivity contribution in [2.75, 3.05) is 25.2 Å². The number of fused-ring (bicyclic) bond motifs is 1. The van der Waals surface area contributed by atoms with Gasteiger partial charge in [0.25, 0.3) is 11.8 Å². The van der Waals surface area contributed by atoms with Crippen LogP contribution >= 0.6 is 0 Å². The van der Waals surface area contributed by atoms with Crippen LogP contribution in [0.25, 0.3) is 0 Å². The lowest BCUT2D eigenvalue weighted by Gasteiger charge is -2.29. The molecular formula is C27H28N2O7. The molecule has 36 heavy (non-hydrogen) atoms. The Morgan fingerprint density at radius 2 is 1.83 bits per heavy atom. The molecule has 9 heteroatoms. The highest BCUT2D eigenvalue weighted by Crippen LogP contribution is 2.34. The third-order valence-corrected chi connectivity index (χ3v) is 5.84.